The Bertz CT molecular complexity index is 926. The third kappa shape index (κ3) is 4.55. The van der Waals surface area contributed by atoms with E-state index in [2.05, 4.69) is 10.6 Å². The molecular weight excluding hydrogens is 386 g/mol. The molecule has 1 atom stereocenters. The molecule has 1 aromatic carbocycles. The average molecular weight is 408 g/mol. The van der Waals surface area contributed by atoms with E-state index >= 15 is 0 Å². The van der Waals surface area contributed by atoms with Crippen molar-refractivity contribution in [3.63, 3.8) is 0 Å². The van der Waals surface area contributed by atoms with Crippen LogP contribution < -0.4 is 10.6 Å². The molecule has 0 spiro atoms. The number of nitrogens with one attached hydrogen (secondary N) is 2. The fraction of sp³-hybridized carbons (Fsp3) is 0.333. The summed E-state index contributed by atoms with van der Waals surface area (Å²) < 4.78 is 27.0. The van der Waals surface area contributed by atoms with Crippen LogP contribution in [-0.2, 0) is 26.2 Å². The fourth-order valence-corrected chi connectivity index (χ4v) is 5.86. The van der Waals surface area contributed by atoms with Crippen LogP contribution in [0.5, 0.6) is 0 Å². The highest BCUT2D eigenvalue weighted by molar-refractivity contribution is 7.91. The van der Waals surface area contributed by atoms with Gasteiger partial charge in [-0.15, -0.1) is 11.3 Å². The van der Waals surface area contributed by atoms with Gasteiger partial charge < -0.3 is 10.6 Å². The smallest absolute Gasteiger partial charge is 0.253 e. The number of thiophene rings is 1. The maximum Gasteiger partial charge on any atom is 0.253 e. The van der Waals surface area contributed by atoms with Crippen molar-refractivity contribution in [2.24, 2.45) is 0 Å². The number of benzene rings is 1. The molecule has 1 aromatic heterocycles. The van der Waals surface area contributed by atoms with E-state index in [0.29, 0.717) is 25.1 Å². The van der Waals surface area contributed by atoms with Gasteiger partial charge in [0.15, 0.2) is 0 Å². The molecule has 0 saturated carbocycles. The molecule has 1 aliphatic rings. The van der Waals surface area contributed by atoms with E-state index < -0.39 is 16.1 Å². The second-order valence-electron chi connectivity index (χ2n) is 6.31. The molecule has 1 fully saturated rings. The zero-order valence-corrected chi connectivity index (χ0v) is 16.5. The zero-order chi connectivity index (χ0) is 19.4. The number of sulfonamides is 1. The Morgan fingerprint density at radius 1 is 1.26 bits per heavy atom. The molecule has 2 aromatic rings. The molecule has 27 heavy (non-hydrogen) atoms. The molecule has 144 valence electrons. The zero-order valence-electron chi connectivity index (χ0n) is 14.8. The molecular formula is C18H21N3O4S2. The van der Waals surface area contributed by atoms with Crippen molar-refractivity contribution in [1.82, 2.24) is 9.62 Å². The van der Waals surface area contributed by atoms with Gasteiger partial charge in [-0.25, -0.2) is 8.42 Å². The molecule has 3 rings (SSSR count). The van der Waals surface area contributed by atoms with Gasteiger partial charge in [0.1, 0.15) is 10.3 Å². The lowest BCUT2D eigenvalue weighted by atomic mass is 10.1. The lowest BCUT2D eigenvalue weighted by molar-refractivity contribution is -0.124. The quantitative estimate of drug-likeness (QED) is 0.767. The minimum Gasteiger partial charge on any atom is -0.351 e. The van der Waals surface area contributed by atoms with E-state index in [4.69, 9.17) is 0 Å². The van der Waals surface area contributed by atoms with Crippen molar-refractivity contribution >= 4 is 38.9 Å². The molecule has 7 nitrogen and oxygen atoms in total. The van der Waals surface area contributed by atoms with Crippen LogP contribution >= 0.6 is 11.3 Å². The molecule has 9 heteroatoms. The third-order valence-corrected chi connectivity index (χ3v) is 7.56. The maximum absolute atomic E-state index is 12.7. The number of hydrogen-bond acceptors (Lipinski definition) is 5. The van der Waals surface area contributed by atoms with Gasteiger partial charge in [-0.3, -0.25) is 9.59 Å². The van der Waals surface area contributed by atoms with Gasteiger partial charge in [0.25, 0.3) is 10.0 Å². The van der Waals surface area contributed by atoms with Crippen molar-refractivity contribution in [3.8, 4) is 0 Å². The summed E-state index contributed by atoms with van der Waals surface area (Å²) in [6.07, 6.45) is 1.16. The number of hydrogen-bond donors (Lipinski definition) is 2. The highest BCUT2D eigenvalue weighted by Gasteiger charge is 2.39. The minimum atomic E-state index is -3.65. The number of amides is 2. The van der Waals surface area contributed by atoms with E-state index in [-0.39, 0.29) is 22.6 Å². The average Bonchev–Trinajstić information content (AvgIpc) is 3.31. The Hall–Kier alpha value is -2.23. The SMILES string of the molecule is CC(=O)Nc1cccc(CNC(=O)C2CCCN2S(=O)(=O)c2cccs2)c1. The second kappa shape index (κ2) is 8.20. The first-order chi connectivity index (χ1) is 12.9. The van der Waals surface area contributed by atoms with Crippen LogP contribution in [0.1, 0.15) is 25.3 Å². The van der Waals surface area contributed by atoms with E-state index in [9.17, 15) is 18.0 Å². The number of carbonyl (C=O) groups is 2. The summed E-state index contributed by atoms with van der Waals surface area (Å²) in [5, 5.41) is 7.22. The minimum absolute atomic E-state index is 0.170. The first-order valence-corrected chi connectivity index (χ1v) is 10.9. The number of rotatable bonds is 6. The summed E-state index contributed by atoms with van der Waals surface area (Å²) in [7, 11) is -3.65. The van der Waals surface area contributed by atoms with Crippen LogP contribution in [0.25, 0.3) is 0 Å². The summed E-state index contributed by atoms with van der Waals surface area (Å²) in [6.45, 7) is 2.03. The molecule has 0 radical (unpaired) electrons. The highest BCUT2D eigenvalue weighted by Crippen LogP contribution is 2.28. The van der Waals surface area contributed by atoms with Crippen LogP contribution in [0.4, 0.5) is 5.69 Å². The van der Waals surface area contributed by atoms with Gasteiger partial charge in [0.05, 0.1) is 0 Å². The summed E-state index contributed by atoms with van der Waals surface area (Å²) in [5.41, 5.74) is 1.47. The van der Waals surface area contributed by atoms with Crippen molar-refractivity contribution in [3.05, 3.63) is 47.3 Å². The number of carbonyl (C=O) groups excluding carboxylic acids is 2. The van der Waals surface area contributed by atoms with Crippen molar-refractivity contribution < 1.29 is 18.0 Å². The van der Waals surface area contributed by atoms with E-state index in [1.807, 2.05) is 6.07 Å². The van der Waals surface area contributed by atoms with Crippen LogP contribution in [-0.4, -0.2) is 37.1 Å². The Morgan fingerprint density at radius 3 is 2.78 bits per heavy atom. The second-order valence-corrected chi connectivity index (χ2v) is 9.37. The fourth-order valence-electron chi connectivity index (χ4n) is 3.08. The van der Waals surface area contributed by atoms with Gasteiger partial charge in [-0.2, -0.15) is 4.31 Å². The van der Waals surface area contributed by atoms with Crippen molar-refractivity contribution in [1.29, 1.82) is 0 Å². The molecule has 0 bridgehead atoms. The van der Waals surface area contributed by atoms with Crippen LogP contribution in [0.15, 0.2) is 46.0 Å². The summed E-state index contributed by atoms with van der Waals surface area (Å²) in [4.78, 5) is 23.8. The number of nitrogens with zero attached hydrogens (tertiary/aromatic N) is 1. The predicted molar refractivity (Wildman–Crippen MR) is 104 cm³/mol. The lowest BCUT2D eigenvalue weighted by Gasteiger charge is -2.22. The molecule has 0 aliphatic carbocycles. The monoisotopic (exact) mass is 407 g/mol. The van der Waals surface area contributed by atoms with Crippen LogP contribution in [0.3, 0.4) is 0 Å². The normalized spacial score (nSPS) is 17.6. The standard InChI is InChI=1S/C18H21N3O4S2/c1-13(22)20-15-6-2-5-14(11-15)12-19-18(23)16-7-3-9-21(16)27(24,25)17-8-4-10-26-17/h2,4-6,8,10-11,16H,3,7,9,12H2,1H3,(H,19,23)(H,20,22). The van der Waals surface area contributed by atoms with Gasteiger partial charge in [0, 0.05) is 25.7 Å². The molecule has 1 aliphatic heterocycles. The molecule has 2 amide bonds. The van der Waals surface area contributed by atoms with E-state index in [1.165, 1.54) is 11.2 Å². The van der Waals surface area contributed by atoms with Crippen LogP contribution in [0.2, 0.25) is 0 Å². The first-order valence-electron chi connectivity index (χ1n) is 8.57. The lowest BCUT2D eigenvalue weighted by Crippen LogP contribution is -2.45. The molecule has 1 saturated heterocycles. The highest BCUT2D eigenvalue weighted by atomic mass is 32.2. The topological polar surface area (TPSA) is 95.6 Å². The Kier molecular flexibility index (Phi) is 5.93. The van der Waals surface area contributed by atoms with Gasteiger partial charge in [-0.05, 0) is 42.0 Å². The Labute approximate surface area is 162 Å². The number of anilines is 1. The molecule has 2 N–H and O–H groups in total. The van der Waals surface area contributed by atoms with Crippen LogP contribution in [0, 0.1) is 0 Å². The van der Waals surface area contributed by atoms with Crippen molar-refractivity contribution in [2.45, 2.75) is 36.6 Å². The van der Waals surface area contributed by atoms with Gasteiger partial charge in [0.2, 0.25) is 11.8 Å². The summed E-state index contributed by atoms with van der Waals surface area (Å²) in [5.74, 6) is -0.478. The Balaban J connectivity index is 1.66. The largest absolute Gasteiger partial charge is 0.351 e. The maximum atomic E-state index is 12.7. The van der Waals surface area contributed by atoms with E-state index in [0.717, 1.165) is 16.9 Å². The summed E-state index contributed by atoms with van der Waals surface area (Å²) >= 11 is 1.15. The molecule has 2 heterocycles. The predicted octanol–water partition coefficient (Wildman–Crippen LogP) is 2.18. The third-order valence-electron chi connectivity index (χ3n) is 4.28. The molecule has 1 unspecified atom stereocenters. The van der Waals surface area contributed by atoms with Gasteiger partial charge in [-0.1, -0.05) is 18.2 Å². The van der Waals surface area contributed by atoms with Gasteiger partial charge >= 0.3 is 0 Å². The van der Waals surface area contributed by atoms with Crippen molar-refractivity contribution in [2.75, 3.05) is 11.9 Å². The van der Waals surface area contributed by atoms with E-state index in [1.54, 1.807) is 35.7 Å². The summed E-state index contributed by atoms with van der Waals surface area (Å²) in [6, 6.07) is 9.70. The first kappa shape index (κ1) is 19.5. The Morgan fingerprint density at radius 2 is 2.07 bits per heavy atom.